The summed E-state index contributed by atoms with van der Waals surface area (Å²) in [7, 11) is 0. The second kappa shape index (κ2) is 38.2. The number of nitriles is 4. The van der Waals surface area contributed by atoms with E-state index in [4.69, 9.17) is 26.3 Å². The third-order valence-corrected chi connectivity index (χ3v) is 23.6. The number of allylic oxidation sites excluding steroid dienone is 20. The maximum atomic E-state index is 10.3. The van der Waals surface area contributed by atoms with Gasteiger partial charge in [-0.25, -0.2) is 40.4 Å². The smallest absolute Gasteiger partial charge is 0.265 e. The Kier molecular flexibility index (Phi) is 27.5. The summed E-state index contributed by atoms with van der Waals surface area (Å²) in [5, 5.41) is 65.7. The molecular weight excluding hydrogens is 1540 g/mol. The fraction of sp³-hybridized carbons (Fsp3) is 0.302. The second-order valence-corrected chi connectivity index (χ2v) is 35.7. The van der Waals surface area contributed by atoms with E-state index >= 15 is 0 Å². The molecule has 14 nitrogen and oxygen atoms in total. The fourth-order valence-electron chi connectivity index (χ4n) is 18.3. The minimum absolute atomic E-state index is 0. The first kappa shape index (κ1) is 87.1. The van der Waals surface area contributed by atoms with Gasteiger partial charge in [-0.3, -0.25) is 9.97 Å². The number of fused-ring (bicyclic) bond motifs is 8. The Morgan fingerprint density at radius 1 is 0.364 bits per heavy atom. The number of rotatable bonds is 22. The Balaban J connectivity index is 0.000000220. The van der Waals surface area contributed by atoms with Crippen molar-refractivity contribution in [1.82, 2.24) is 19.1 Å². The van der Waals surface area contributed by atoms with Crippen LogP contribution in [0.1, 0.15) is 192 Å². The zero-order chi connectivity index (χ0) is 84.9. The van der Waals surface area contributed by atoms with E-state index in [-0.39, 0.29) is 75.4 Å². The molecule has 0 amide bonds. The van der Waals surface area contributed by atoms with Gasteiger partial charge >= 0.3 is 0 Å². The van der Waals surface area contributed by atoms with Gasteiger partial charge in [-0.2, -0.15) is 0 Å². The van der Waals surface area contributed by atoms with Crippen molar-refractivity contribution in [2.75, 3.05) is 0 Å². The summed E-state index contributed by atoms with van der Waals surface area (Å²) in [5.41, 5.74) is 21.1. The summed E-state index contributed by atoms with van der Waals surface area (Å²) in [4.78, 5) is 22.8. The first-order chi connectivity index (χ1) is 57.8. The van der Waals surface area contributed by atoms with Crippen molar-refractivity contribution in [2.45, 2.75) is 184 Å². The Morgan fingerprint density at radius 3 is 0.901 bits per heavy atom. The maximum Gasteiger partial charge on any atom is 0.265 e. The van der Waals surface area contributed by atoms with Crippen LogP contribution in [-0.2, 0) is 45.4 Å². The van der Waals surface area contributed by atoms with Gasteiger partial charge < -0.3 is 19.3 Å². The zero-order valence-electron chi connectivity index (χ0n) is 70.7. The summed E-state index contributed by atoms with van der Waals surface area (Å²) in [6.45, 7) is 49.3. The summed E-state index contributed by atoms with van der Waals surface area (Å²) in [6.07, 6.45) is 45.5. The number of hydrogen-bond donors (Lipinski definition) is 2. The monoisotopic (exact) mass is 1640 g/mol. The normalized spacial score (nSPS) is 17.7. The number of aromatic hydroxyl groups is 2. The second-order valence-electron chi connectivity index (χ2n) is 35.7. The van der Waals surface area contributed by atoms with Crippen molar-refractivity contribution in [1.29, 1.82) is 21.0 Å². The Bertz CT molecular complexity index is 5800. The number of nitrogens with zero attached hydrogens (tertiary/aromatic N) is 12. The van der Waals surface area contributed by atoms with Gasteiger partial charge in [-0.15, -0.1) is 0 Å². The number of aromatic nitrogens is 4. The molecular formula is C106H100N12O2Zn. The van der Waals surface area contributed by atoms with Crippen LogP contribution < -0.4 is 0 Å². The predicted octanol–water partition coefficient (Wildman–Crippen LogP) is 27.5. The molecule has 0 fully saturated rings. The molecule has 0 saturated heterocycles. The van der Waals surface area contributed by atoms with Gasteiger partial charge in [0.1, 0.15) is 22.5 Å². The maximum absolute atomic E-state index is 10.3. The average molecular weight is 1640 g/mol. The van der Waals surface area contributed by atoms with E-state index in [9.17, 15) is 31.3 Å². The molecule has 6 aromatic carbocycles. The molecule has 15 heteroatoms. The molecule has 4 aromatic heterocycles. The Morgan fingerprint density at radius 2 is 0.636 bits per heavy atom. The molecule has 0 saturated carbocycles. The topological polar surface area (TPSA) is 189 Å². The molecule has 14 rings (SSSR count). The van der Waals surface area contributed by atoms with E-state index in [2.05, 4.69) is 240 Å². The van der Waals surface area contributed by atoms with Gasteiger partial charge in [-0.05, 0) is 262 Å². The van der Waals surface area contributed by atoms with Crippen LogP contribution in [0.4, 0.5) is 0 Å². The van der Waals surface area contributed by atoms with E-state index < -0.39 is 0 Å². The molecule has 4 aliphatic rings. The van der Waals surface area contributed by atoms with Crippen LogP contribution in [0.3, 0.4) is 0 Å². The first-order valence-corrected chi connectivity index (χ1v) is 41.6. The van der Waals surface area contributed by atoms with Crippen LogP contribution in [0.25, 0.3) is 109 Å². The number of pyridine rings is 2. The van der Waals surface area contributed by atoms with Crippen LogP contribution in [0.2, 0.25) is 0 Å². The molecule has 0 spiro atoms. The third kappa shape index (κ3) is 20.9. The van der Waals surface area contributed by atoms with Crippen molar-refractivity contribution < 1.29 is 29.7 Å². The molecule has 0 unspecified atom stereocenters. The molecule has 121 heavy (non-hydrogen) atoms. The molecule has 4 heterocycles. The number of aryl methyl sites for hydroxylation is 4. The van der Waals surface area contributed by atoms with Gasteiger partial charge in [0.05, 0.1) is 50.6 Å². The molecule has 2 N–H and O–H groups in total. The predicted molar refractivity (Wildman–Crippen MR) is 488 cm³/mol. The molecule has 0 radical (unpaired) electrons. The average Bonchev–Trinajstić information content (AvgIpc) is 1.60. The fourth-order valence-corrected chi connectivity index (χ4v) is 18.3. The van der Waals surface area contributed by atoms with Crippen LogP contribution >= 0.6 is 0 Å². The Labute approximate surface area is 724 Å². The van der Waals surface area contributed by atoms with E-state index in [1.807, 2.05) is 60.7 Å². The molecule has 4 aliphatic carbocycles. The van der Waals surface area contributed by atoms with Gasteiger partial charge in [0.15, 0.2) is 0 Å². The minimum atomic E-state index is -0.0501. The standard InChI is InChI=1S/2C53H50N6O.Zn/c2*1-52(2)30-38(26-41(32-52)46(34-54)56-5)16-14-36-18-21-48-44(28-36)45-29-37(15-17-39-27-42(47(35-55)57-6)33-53(3,4)31-39)19-22-49(45)59(48)25-10-8-7-9-12-40-20-23-50(60)51-43(40)13-11-24-58-51;/h2*11,13-24,26-29,60H,7-10,12,25,30-33H2,1-4H3;/b16-14+,17-15+,46-41+,47-42+;16-14+,17-15+,46-41-,47-42-;. The van der Waals surface area contributed by atoms with Crippen molar-refractivity contribution >= 4 is 89.7 Å². The van der Waals surface area contributed by atoms with Crippen LogP contribution in [-0.4, -0.2) is 29.3 Å². The summed E-state index contributed by atoms with van der Waals surface area (Å²) >= 11 is 0. The van der Waals surface area contributed by atoms with E-state index in [0.29, 0.717) is 36.7 Å². The SMILES string of the molecule is [C-]#[N+]/C(C#N)=C1C=C(/C=C/c2ccc3c(c2)c2cc(/C=C/C4=CC(=C(/C#N)[N+]#[C-])/CC(C)(C)C4)ccc2n3CCCCCCc2ccc(O)c3ncccc23)CC(C)(C)C\1.[C-]#[N+]/C(C#N)=C1C=C(/C=C/c2ccc3c(c2)c2cc(/C=C/C4=CC(=C(\C#N)[N+]#[C-])/CC(C)(C)C4)ccc2n3CCCCCCc2ccc(O)c3ncccc23)CC(C)(C)C/1.[Zn]. The Hall–Kier alpha value is -13.2. The molecule has 0 atom stereocenters. The van der Waals surface area contributed by atoms with Gasteiger partial charge in [-0.1, -0.05) is 203 Å². The molecule has 598 valence electrons. The van der Waals surface area contributed by atoms with Crippen molar-refractivity contribution in [2.24, 2.45) is 21.7 Å². The zero-order valence-corrected chi connectivity index (χ0v) is 73.7. The molecule has 10 aromatic rings. The number of phenols is 2. The largest absolute Gasteiger partial charge is 0.506 e. The number of unbranched alkanes of at least 4 members (excludes halogenated alkanes) is 6. The van der Waals surface area contributed by atoms with Gasteiger partial charge in [0, 0.05) is 99.3 Å². The van der Waals surface area contributed by atoms with Crippen molar-refractivity contribution in [3.05, 3.63) is 329 Å². The van der Waals surface area contributed by atoms with E-state index in [1.165, 1.54) is 54.7 Å². The quantitative estimate of drug-likeness (QED) is 0.0290. The molecule has 0 bridgehead atoms. The number of benzene rings is 6. The van der Waals surface area contributed by atoms with Gasteiger partial charge in [0.25, 0.3) is 22.8 Å². The van der Waals surface area contributed by atoms with Crippen LogP contribution in [0.15, 0.2) is 250 Å². The van der Waals surface area contributed by atoms with Crippen LogP contribution in [0, 0.1) is 93.3 Å². The third-order valence-electron chi connectivity index (χ3n) is 23.6. The summed E-state index contributed by atoms with van der Waals surface area (Å²) in [6, 6.07) is 50.6. The van der Waals surface area contributed by atoms with Crippen molar-refractivity contribution in [3.8, 4) is 35.8 Å². The number of hydrogen-bond acceptors (Lipinski definition) is 8. The first-order valence-electron chi connectivity index (χ1n) is 41.6. The number of phenolic OH excluding ortho intramolecular Hbond substituents is 2. The minimum Gasteiger partial charge on any atom is -0.506 e. The van der Waals surface area contributed by atoms with Crippen LogP contribution in [0.5, 0.6) is 11.5 Å². The summed E-state index contributed by atoms with van der Waals surface area (Å²) < 4.78 is 4.91. The van der Waals surface area contributed by atoms with E-state index in [1.54, 1.807) is 24.5 Å². The van der Waals surface area contributed by atoms with Gasteiger partial charge in [0.2, 0.25) is 0 Å². The molecule has 0 aliphatic heterocycles. The summed E-state index contributed by atoms with van der Waals surface area (Å²) in [5.74, 6) is 0.447. The van der Waals surface area contributed by atoms with E-state index in [0.717, 1.165) is 181 Å². The van der Waals surface area contributed by atoms with Crippen molar-refractivity contribution in [3.63, 3.8) is 0 Å².